The van der Waals surface area contributed by atoms with E-state index in [1.807, 2.05) is 23.6 Å². The summed E-state index contributed by atoms with van der Waals surface area (Å²) >= 11 is 1.39. The lowest BCUT2D eigenvalue weighted by Gasteiger charge is -2.18. The van der Waals surface area contributed by atoms with Crippen LogP contribution in [0.5, 0.6) is 5.75 Å². The summed E-state index contributed by atoms with van der Waals surface area (Å²) in [7, 11) is 0. The van der Waals surface area contributed by atoms with Crippen LogP contribution in [-0.4, -0.2) is 27.9 Å². The zero-order valence-corrected chi connectivity index (χ0v) is 18.3. The van der Waals surface area contributed by atoms with E-state index in [9.17, 15) is 9.18 Å². The Morgan fingerprint density at radius 1 is 1.21 bits per heavy atom. The first-order valence-corrected chi connectivity index (χ1v) is 11.0. The number of ether oxygens (including phenoxy) is 1. The zero-order chi connectivity index (χ0) is 22.8. The Labute approximate surface area is 192 Å². The van der Waals surface area contributed by atoms with Gasteiger partial charge >= 0.3 is 0 Å². The van der Waals surface area contributed by atoms with E-state index < -0.39 is 0 Å². The van der Waals surface area contributed by atoms with Gasteiger partial charge in [-0.1, -0.05) is 18.2 Å². The summed E-state index contributed by atoms with van der Waals surface area (Å²) in [5.41, 5.74) is 3.69. The Morgan fingerprint density at radius 3 is 2.91 bits per heavy atom. The molecule has 5 rings (SSSR count). The highest BCUT2D eigenvalue weighted by molar-refractivity contribution is 7.07. The molecule has 1 amide bonds. The number of rotatable bonds is 4. The molecule has 0 bridgehead atoms. The maximum Gasteiger partial charge on any atom is 0.262 e. The summed E-state index contributed by atoms with van der Waals surface area (Å²) in [6.45, 7) is 1.74. The number of amides is 1. The summed E-state index contributed by atoms with van der Waals surface area (Å²) in [5.74, 6) is 0.0421. The quantitative estimate of drug-likeness (QED) is 0.454. The van der Waals surface area contributed by atoms with Crippen molar-refractivity contribution < 1.29 is 13.9 Å². The zero-order valence-electron chi connectivity index (χ0n) is 17.5. The van der Waals surface area contributed by atoms with Crippen molar-refractivity contribution in [2.75, 3.05) is 11.9 Å². The van der Waals surface area contributed by atoms with E-state index in [4.69, 9.17) is 9.84 Å². The van der Waals surface area contributed by atoms with E-state index in [1.54, 1.807) is 54.3 Å². The fourth-order valence-corrected chi connectivity index (χ4v) is 4.25. The van der Waals surface area contributed by atoms with Gasteiger partial charge < -0.3 is 10.1 Å². The van der Waals surface area contributed by atoms with Crippen LogP contribution < -0.4 is 14.9 Å². The Bertz CT molecular complexity index is 1440. The predicted molar refractivity (Wildman–Crippen MR) is 125 cm³/mol. The average molecular weight is 460 g/mol. The standard InChI is InChI=1S/C24H18FN5O2S/c1-15(18-6-2-3-7-19(18)25)29-30-21(14-33-24(30)27-17-5-4-10-26-12-17)16-8-9-22-20(11-16)28-23(31)13-32-22/h2-12,14H,13H2,1H3,(H,28,31). The van der Waals surface area contributed by atoms with Gasteiger partial charge in [0, 0.05) is 22.7 Å². The Kier molecular flexibility index (Phi) is 5.54. The summed E-state index contributed by atoms with van der Waals surface area (Å²) < 4.78 is 21.5. The van der Waals surface area contributed by atoms with E-state index >= 15 is 0 Å². The number of carbonyl (C=O) groups is 1. The smallest absolute Gasteiger partial charge is 0.262 e. The maximum atomic E-state index is 14.4. The number of anilines is 1. The van der Waals surface area contributed by atoms with Gasteiger partial charge in [-0.15, -0.1) is 11.3 Å². The fraction of sp³-hybridized carbons (Fsp3) is 0.0833. The SMILES string of the molecule is CC(=Nn1c(-c2ccc3c(c2)NC(=O)CO3)csc1=Nc1cccnc1)c1ccccc1F. The lowest BCUT2D eigenvalue weighted by molar-refractivity contribution is -0.118. The van der Waals surface area contributed by atoms with E-state index in [1.165, 1.54) is 17.4 Å². The molecular weight excluding hydrogens is 441 g/mol. The number of fused-ring (bicyclic) bond motifs is 1. The molecule has 4 aromatic rings. The van der Waals surface area contributed by atoms with Crippen LogP contribution in [0.1, 0.15) is 12.5 Å². The highest BCUT2D eigenvalue weighted by Crippen LogP contribution is 2.33. The highest BCUT2D eigenvalue weighted by Gasteiger charge is 2.18. The lowest BCUT2D eigenvalue weighted by Crippen LogP contribution is -2.25. The molecule has 0 saturated heterocycles. The third-order valence-electron chi connectivity index (χ3n) is 4.98. The van der Waals surface area contributed by atoms with Gasteiger partial charge in [-0.25, -0.2) is 14.1 Å². The number of pyridine rings is 1. The molecule has 0 saturated carbocycles. The van der Waals surface area contributed by atoms with E-state index in [2.05, 4.69) is 15.3 Å². The third kappa shape index (κ3) is 4.31. The van der Waals surface area contributed by atoms with Crippen molar-refractivity contribution in [2.24, 2.45) is 10.1 Å². The van der Waals surface area contributed by atoms with Crippen molar-refractivity contribution in [3.8, 4) is 17.0 Å². The van der Waals surface area contributed by atoms with Gasteiger partial charge in [0.05, 0.1) is 29.0 Å². The molecule has 0 unspecified atom stereocenters. The number of benzene rings is 2. The molecule has 0 radical (unpaired) electrons. The van der Waals surface area contributed by atoms with Crippen LogP contribution in [0.2, 0.25) is 0 Å². The van der Waals surface area contributed by atoms with Crippen molar-refractivity contribution in [1.82, 2.24) is 9.66 Å². The minimum atomic E-state index is -0.351. The minimum Gasteiger partial charge on any atom is -0.482 e. The van der Waals surface area contributed by atoms with Crippen LogP contribution in [0, 0.1) is 5.82 Å². The monoisotopic (exact) mass is 459 g/mol. The second-order valence-electron chi connectivity index (χ2n) is 7.25. The number of hydrogen-bond donors (Lipinski definition) is 1. The maximum absolute atomic E-state index is 14.4. The normalized spacial score (nSPS) is 13.9. The fourth-order valence-electron chi connectivity index (χ4n) is 3.40. The third-order valence-corrected chi connectivity index (χ3v) is 5.79. The van der Waals surface area contributed by atoms with Crippen LogP contribution in [0.4, 0.5) is 15.8 Å². The molecule has 0 atom stereocenters. The summed E-state index contributed by atoms with van der Waals surface area (Å²) in [6, 6.07) is 15.7. The van der Waals surface area contributed by atoms with Crippen molar-refractivity contribution in [1.29, 1.82) is 0 Å². The summed E-state index contributed by atoms with van der Waals surface area (Å²) in [6.07, 6.45) is 3.33. The van der Waals surface area contributed by atoms with Crippen LogP contribution in [-0.2, 0) is 4.79 Å². The van der Waals surface area contributed by atoms with Gasteiger partial charge in [-0.3, -0.25) is 9.78 Å². The molecule has 2 aromatic heterocycles. The molecular formula is C24H18FN5O2S. The van der Waals surface area contributed by atoms with Gasteiger partial charge in [0.15, 0.2) is 6.61 Å². The largest absolute Gasteiger partial charge is 0.482 e. The van der Waals surface area contributed by atoms with Gasteiger partial charge in [0.25, 0.3) is 5.91 Å². The number of hydrogen-bond acceptors (Lipinski definition) is 6. The number of carbonyl (C=O) groups excluding carboxylic acids is 1. The van der Waals surface area contributed by atoms with Crippen molar-refractivity contribution in [3.05, 3.63) is 88.6 Å². The molecule has 164 valence electrons. The molecule has 1 N–H and O–H groups in total. The van der Waals surface area contributed by atoms with Gasteiger partial charge in [0.2, 0.25) is 4.80 Å². The first kappa shape index (κ1) is 20.8. The van der Waals surface area contributed by atoms with Crippen LogP contribution in [0.25, 0.3) is 11.3 Å². The summed E-state index contributed by atoms with van der Waals surface area (Å²) in [5, 5.41) is 9.46. The molecule has 1 aliphatic rings. The van der Waals surface area contributed by atoms with Crippen LogP contribution in [0.3, 0.4) is 0 Å². The molecule has 9 heteroatoms. The number of nitrogens with zero attached hydrogens (tertiary/aromatic N) is 4. The van der Waals surface area contributed by atoms with Crippen LogP contribution in [0.15, 0.2) is 82.5 Å². The first-order valence-electron chi connectivity index (χ1n) is 10.1. The minimum absolute atomic E-state index is 0.00886. The first-order chi connectivity index (χ1) is 16.1. The van der Waals surface area contributed by atoms with Crippen molar-refractivity contribution in [3.63, 3.8) is 0 Å². The Balaban J connectivity index is 1.67. The number of halogens is 1. The Hall–Kier alpha value is -4.11. The molecule has 0 spiro atoms. The molecule has 0 fully saturated rings. The predicted octanol–water partition coefficient (Wildman–Crippen LogP) is 4.59. The van der Waals surface area contributed by atoms with Crippen molar-refractivity contribution in [2.45, 2.75) is 6.92 Å². The van der Waals surface area contributed by atoms with Gasteiger partial charge in [-0.2, -0.15) is 5.10 Å². The molecule has 0 aliphatic carbocycles. The van der Waals surface area contributed by atoms with Crippen LogP contribution >= 0.6 is 11.3 Å². The highest BCUT2D eigenvalue weighted by atomic mass is 32.1. The molecule has 2 aromatic carbocycles. The second-order valence-corrected chi connectivity index (χ2v) is 8.09. The van der Waals surface area contributed by atoms with Crippen molar-refractivity contribution >= 4 is 34.3 Å². The Morgan fingerprint density at radius 2 is 2.09 bits per heavy atom. The average Bonchev–Trinajstić information content (AvgIpc) is 3.21. The lowest BCUT2D eigenvalue weighted by atomic mass is 10.1. The molecule has 33 heavy (non-hydrogen) atoms. The molecule has 3 heterocycles. The second kappa shape index (κ2) is 8.79. The topological polar surface area (TPSA) is 80.9 Å². The van der Waals surface area contributed by atoms with Gasteiger partial charge in [-0.05, 0) is 43.3 Å². The summed E-state index contributed by atoms with van der Waals surface area (Å²) in [4.78, 5) is 21.1. The number of aromatic nitrogens is 2. The van der Waals surface area contributed by atoms with E-state index in [0.29, 0.717) is 33.2 Å². The van der Waals surface area contributed by atoms with E-state index in [-0.39, 0.29) is 18.3 Å². The van der Waals surface area contributed by atoms with Gasteiger partial charge in [0.1, 0.15) is 11.6 Å². The molecule has 1 aliphatic heterocycles. The molecule has 7 nitrogen and oxygen atoms in total. The van der Waals surface area contributed by atoms with E-state index in [0.717, 1.165) is 11.3 Å². The number of thiazole rings is 1. The number of nitrogens with one attached hydrogen (secondary N) is 1.